The molecule has 1 aliphatic carbocycles. The molecule has 0 aliphatic heterocycles. The summed E-state index contributed by atoms with van der Waals surface area (Å²) in [6.45, 7) is -4.38. The number of aromatic nitrogens is 1. The van der Waals surface area contributed by atoms with Crippen molar-refractivity contribution in [3.63, 3.8) is 0 Å². The van der Waals surface area contributed by atoms with Gasteiger partial charge in [0.1, 0.15) is 0 Å². The molecule has 1 aliphatic rings. The Morgan fingerprint density at radius 1 is 1.42 bits per heavy atom. The summed E-state index contributed by atoms with van der Waals surface area (Å²) < 4.78 is 54.3. The van der Waals surface area contributed by atoms with Crippen molar-refractivity contribution in [1.82, 2.24) is 15.6 Å². The fraction of sp³-hybridized carbons (Fsp3) is 0.600. The Hall–Kier alpha value is -2.06. The Bertz CT molecular complexity index is 555. The van der Waals surface area contributed by atoms with Crippen LogP contribution in [0.3, 0.4) is 0 Å². The van der Waals surface area contributed by atoms with Crippen molar-refractivity contribution in [3.8, 4) is 5.88 Å². The van der Waals surface area contributed by atoms with Gasteiger partial charge in [-0.1, -0.05) is 0 Å². The van der Waals surface area contributed by atoms with Gasteiger partial charge in [-0.15, -0.1) is 0 Å². The molecule has 24 heavy (non-hydrogen) atoms. The Morgan fingerprint density at radius 3 is 2.79 bits per heavy atom. The third-order valence-electron chi connectivity index (χ3n) is 4.07. The van der Waals surface area contributed by atoms with E-state index in [1.54, 1.807) is 6.07 Å². The highest BCUT2D eigenvalue weighted by Crippen LogP contribution is 2.39. The summed E-state index contributed by atoms with van der Waals surface area (Å²) in [5.41, 5.74) is -0.450. The smallest absolute Gasteiger partial charge is 0.388 e. The van der Waals surface area contributed by atoms with Gasteiger partial charge in [0.15, 0.2) is 0 Å². The highest BCUT2D eigenvalue weighted by Gasteiger charge is 2.40. The van der Waals surface area contributed by atoms with Gasteiger partial charge in [0.2, 0.25) is 5.88 Å². The van der Waals surface area contributed by atoms with E-state index in [1.165, 1.54) is 12.3 Å². The lowest BCUT2D eigenvalue weighted by Crippen LogP contribution is -2.41. The molecule has 1 heterocycles. The number of nitrogens with one attached hydrogen (secondary N) is 2. The topological polar surface area (TPSA) is 63.2 Å². The summed E-state index contributed by atoms with van der Waals surface area (Å²) >= 11 is 0. The maximum absolute atomic E-state index is 12.9. The number of pyridine rings is 1. The molecule has 1 aromatic rings. The molecule has 134 valence electrons. The minimum absolute atomic E-state index is 0.0814. The van der Waals surface area contributed by atoms with Crippen LogP contribution in [-0.2, 0) is 6.54 Å². The van der Waals surface area contributed by atoms with Gasteiger partial charge >= 0.3 is 12.6 Å². The maximum atomic E-state index is 12.9. The molecule has 0 radical (unpaired) electrons. The van der Waals surface area contributed by atoms with E-state index >= 15 is 0 Å². The standard InChI is InChI=1S/C15H19F4N3O2/c16-8-15(9-17)3-1-11(6-15)22-14(23)21-7-10-2-4-20-12(5-10)24-13(18)19/h2,4-5,11,13H,1,3,6-9H2,(H2,21,22,23). The first-order valence-corrected chi connectivity index (χ1v) is 7.52. The number of hydrogen-bond acceptors (Lipinski definition) is 3. The molecular formula is C15H19F4N3O2. The minimum atomic E-state index is -2.97. The zero-order chi connectivity index (χ0) is 17.6. The summed E-state index contributed by atoms with van der Waals surface area (Å²) in [4.78, 5) is 15.5. The fourth-order valence-corrected chi connectivity index (χ4v) is 2.74. The van der Waals surface area contributed by atoms with E-state index in [9.17, 15) is 22.4 Å². The first-order valence-electron chi connectivity index (χ1n) is 7.52. The average Bonchev–Trinajstić information content (AvgIpc) is 2.96. The van der Waals surface area contributed by atoms with Crippen LogP contribution in [0.1, 0.15) is 24.8 Å². The van der Waals surface area contributed by atoms with Crippen LogP contribution >= 0.6 is 0 Å². The normalized spacial score (nSPS) is 19.3. The second-order valence-corrected chi connectivity index (χ2v) is 5.91. The molecule has 0 bridgehead atoms. The SMILES string of the molecule is O=C(NCc1ccnc(OC(F)F)c1)NC1CCC(CF)(CF)C1. The summed E-state index contributed by atoms with van der Waals surface area (Å²) in [6, 6.07) is 2.07. The Balaban J connectivity index is 1.80. The van der Waals surface area contributed by atoms with Crippen LogP contribution in [0.5, 0.6) is 5.88 Å². The van der Waals surface area contributed by atoms with Crippen molar-refractivity contribution in [1.29, 1.82) is 0 Å². The molecule has 1 aromatic heterocycles. The summed E-state index contributed by atoms with van der Waals surface area (Å²) in [5, 5.41) is 5.23. The Labute approximate surface area is 136 Å². The lowest BCUT2D eigenvalue weighted by Gasteiger charge is -2.21. The van der Waals surface area contributed by atoms with Gasteiger partial charge in [-0.3, -0.25) is 8.78 Å². The number of nitrogens with zero attached hydrogens (tertiary/aromatic N) is 1. The number of halogens is 4. The van der Waals surface area contributed by atoms with Gasteiger partial charge in [-0.25, -0.2) is 9.78 Å². The van der Waals surface area contributed by atoms with Crippen molar-refractivity contribution in [2.75, 3.05) is 13.3 Å². The predicted molar refractivity (Wildman–Crippen MR) is 78.3 cm³/mol. The van der Waals surface area contributed by atoms with E-state index in [1.807, 2.05) is 0 Å². The molecule has 1 atom stereocenters. The molecular weight excluding hydrogens is 330 g/mol. The van der Waals surface area contributed by atoms with Crippen LogP contribution in [0.4, 0.5) is 22.4 Å². The van der Waals surface area contributed by atoms with Crippen LogP contribution in [0.2, 0.25) is 0 Å². The van der Waals surface area contributed by atoms with E-state index in [0.29, 0.717) is 18.4 Å². The lowest BCUT2D eigenvalue weighted by atomic mass is 9.89. The van der Waals surface area contributed by atoms with Gasteiger partial charge in [0, 0.05) is 30.3 Å². The van der Waals surface area contributed by atoms with Gasteiger partial charge in [0.05, 0.1) is 13.3 Å². The van der Waals surface area contributed by atoms with E-state index in [0.717, 1.165) is 0 Å². The van der Waals surface area contributed by atoms with Gasteiger partial charge < -0.3 is 15.4 Å². The van der Waals surface area contributed by atoms with Gasteiger partial charge in [-0.05, 0) is 30.9 Å². The van der Waals surface area contributed by atoms with Crippen molar-refractivity contribution in [2.24, 2.45) is 5.41 Å². The van der Waals surface area contributed by atoms with Crippen molar-refractivity contribution in [3.05, 3.63) is 23.9 Å². The van der Waals surface area contributed by atoms with E-state index in [4.69, 9.17) is 0 Å². The molecule has 2 N–H and O–H groups in total. The molecule has 0 spiro atoms. The number of alkyl halides is 4. The largest absolute Gasteiger partial charge is 0.417 e. The average molecular weight is 349 g/mol. The van der Waals surface area contributed by atoms with Crippen LogP contribution in [-0.4, -0.2) is 37.0 Å². The Kier molecular flexibility index (Phi) is 6.22. The molecule has 1 unspecified atom stereocenters. The highest BCUT2D eigenvalue weighted by atomic mass is 19.3. The van der Waals surface area contributed by atoms with Gasteiger partial charge in [0.25, 0.3) is 0 Å². The molecule has 2 amide bonds. The summed E-state index contributed by atoms with van der Waals surface area (Å²) in [7, 11) is 0. The second-order valence-electron chi connectivity index (χ2n) is 5.91. The predicted octanol–water partition coefficient (Wildman–Crippen LogP) is 2.96. The third-order valence-corrected chi connectivity index (χ3v) is 4.07. The van der Waals surface area contributed by atoms with Crippen LogP contribution in [0, 0.1) is 5.41 Å². The molecule has 1 fully saturated rings. The monoisotopic (exact) mass is 349 g/mol. The number of amides is 2. The first-order chi connectivity index (χ1) is 11.5. The van der Waals surface area contributed by atoms with Crippen LogP contribution in [0.25, 0.3) is 0 Å². The maximum Gasteiger partial charge on any atom is 0.388 e. The molecule has 1 saturated carbocycles. The van der Waals surface area contributed by atoms with Crippen LogP contribution < -0.4 is 15.4 Å². The number of urea groups is 1. The Morgan fingerprint density at radius 2 is 2.17 bits per heavy atom. The number of ether oxygens (including phenoxy) is 1. The first kappa shape index (κ1) is 18.3. The molecule has 5 nitrogen and oxygen atoms in total. The quantitative estimate of drug-likeness (QED) is 0.744. The van der Waals surface area contributed by atoms with Gasteiger partial charge in [-0.2, -0.15) is 8.78 Å². The third kappa shape index (κ3) is 4.97. The summed E-state index contributed by atoms with van der Waals surface area (Å²) in [6.07, 6.45) is 2.46. The second kappa shape index (κ2) is 8.16. The fourth-order valence-electron chi connectivity index (χ4n) is 2.74. The van der Waals surface area contributed by atoms with E-state index < -0.39 is 31.4 Å². The number of rotatable bonds is 7. The molecule has 2 rings (SSSR count). The lowest BCUT2D eigenvalue weighted by molar-refractivity contribution is -0.0529. The summed E-state index contributed by atoms with van der Waals surface area (Å²) in [5.74, 6) is -0.240. The highest BCUT2D eigenvalue weighted by molar-refractivity contribution is 5.74. The zero-order valence-corrected chi connectivity index (χ0v) is 12.9. The van der Waals surface area contributed by atoms with E-state index in [2.05, 4.69) is 20.4 Å². The van der Waals surface area contributed by atoms with Crippen molar-refractivity contribution >= 4 is 6.03 Å². The van der Waals surface area contributed by atoms with Crippen molar-refractivity contribution < 1.29 is 27.1 Å². The van der Waals surface area contributed by atoms with E-state index in [-0.39, 0.29) is 24.9 Å². The number of carbonyl (C=O) groups excluding carboxylic acids is 1. The van der Waals surface area contributed by atoms with Crippen molar-refractivity contribution in [2.45, 2.75) is 38.5 Å². The molecule has 0 aromatic carbocycles. The zero-order valence-electron chi connectivity index (χ0n) is 12.9. The number of hydrogen-bond donors (Lipinski definition) is 2. The number of carbonyl (C=O) groups is 1. The van der Waals surface area contributed by atoms with Crippen LogP contribution in [0.15, 0.2) is 18.3 Å². The minimum Gasteiger partial charge on any atom is -0.417 e. The molecule has 9 heteroatoms. The molecule has 0 saturated heterocycles.